The van der Waals surface area contributed by atoms with Crippen LogP contribution in [-0.4, -0.2) is 52.1 Å². The van der Waals surface area contributed by atoms with Gasteiger partial charge >= 0.3 is 0 Å². The molecule has 5 rings (SSSR count). The van der Waals surface area contributed by atoms with Crippen molar-refractivity contribution in [1.82, 2.24) is 20.0 Å². The molecule has 0 N–H and O–H groups in total. The number of nitrogens with zero attached hydrogens (tertiary/aromatic N) is 5. The Bertz CT molecular complexity index is 1330. The molecule has 7 nitrogen and oxygen atoms in total. The number of aromatic nitrogens is 3. The second-order valence-corrected chi connectivity index (χ2v) is 9.87. The number of pyridine rings is 1. The predicted octanol–water partition coefficient (Wildman–Crippen LogP) is 4.95. The van der Waals surface area contributed by atoms with Gasteiger partial charge in [-0.3, -0.25) is 4.79 Å². The summed E-state index contributed by atoms with van der Waals surface area (Å²) in [6.45, 7) is 10.7. The summed E-state index contributed by atoms with van der Waals surface area (Å²) in [6, 6.07) is 18.1. The molecule has 0 spiro atoms. The van der Waals surface area contributed by atoms with E-state index in [-0.39, 0.29) is 11.3 Å². The van der Waals surface area contributed by atoms with Gasteiger partial charge in [-0.1, -0.05) is 55.8 Å². The molecular formula is C27H29N5O2. The lowest BCUT2D eigenvalue weighted by Crippen LogP contribution is -2.52. The zero-order valence-corrected chi connectivity index (χ0v) is 20.1. The lowest BCUT2D eigenvalue weighted by Gasteiger charge is -2.38. The smallest absolute Gasteiger partial charge is 0.258 e. The molecule has 1 amide bonds. The third kappa shape index (κ3) is 4.25. The number of fused-ring (bicyclic) bond motifs is 1. The van der Waals surface area contributed by atoms with Gasteiger partial charge in [0, 0.05) is 42.5 Å². The van der Waals surface area contributed by atoms with Gasteiger partial charge in [-0.05, 0) is 37.3 Å². The Kier molecular flexibility index (Phi) is 5.55. The van der Waals surface area contributed by atoms with Crippen molar-refractivity contribution in [3.05, 3.63) is 60.2 Å². The Labute approximate surface area is 199 Å². The lowest BCUT2D eigenvalue weighted by molar-refractivity contribution is -0.139. The molecule has 1 aliphatic rings. The summed E-state index contributed by atoms with van der Waals surface area (Å²) in [6.07, 6.45) is 0. The van der Waals surface area contributed by atoms with E-state index < -0.39 is 0 Å². The summed E-state index contributed by atoms with van der Waals surface area (Å²) in [7, 11) is 0. The summed E-state index contributed by atoms with van der Waals surface area (Å²) >= 11 is 0. The maximum absolute atomic E-state index is 12.8. The molecule has 1 saturated heterocycles. The number of carbonyl (C=O) groups excluding carboxylic acids is 1. The fraction of sp³-hybridized carbons (Fsp3) is 0.333. The normalized spacial score (nSPS) is 14.6. The van der Waals surface area contributed by atoms with E-state index in [0.717, 1.165) is 27.8 Å². The number of hydrogen-bond acceptors (Lipinski definition) is 6. The van der Waals surface area contributed by atoms with Gasteiger partial charge in [0.15, 0.2) is 0 Å². The van der Waals surface area contributed by atoms with E-state index in [1.807, 2.05) is 62.1 Å². The van der Waals surface area contributed by atoms with Crippen molar-refractivity contribution in [2.45, 2.75) is 27.7 Å². The highest BCUT2D eigenvalue weighted by Crippen LogP contribution is 2.33. The molecule has 7 heteroatoms. The maximum atomic E-state index is 12.8. The molecule has 1 aliphatic heterocycles. The fourth-order valence-electron chi connectivity index (χ4n) is 4.32. The lowest BCUT2D eigenvalue weighted by atomic mass is 9.94. The van der Waals surface area contributed by atoms with E-state index >= 15 is 0 Å². The molecule has 1 fully saturated rings. The van der Waals surface area contributed by atoms with E-state index in [1.165, 1.54) is 5.56 Å². The third-order valence-electron chi connectivity index (χ3n) is 6.15. The average molecular weight is 456 g/mol. The number of amides is 1. The molecule has 0 unspecified atom stereocenters. The van der Waals surface area contributed by atoms with Crippen LogP contribution < -0.4 is 4.90 Å². The molecule has 0 atom stereocenters. The third-order valence-corrected chi connectivity index (χ3v) is 6.15. The average Bonchev–Trinajstić information content (AvgIpc) is 3.33. The van der Waals surface area contributed by atoms with Crippen LogP contribution in [0.1, 0.15) is 26.3 Å². The summed E-state index contributed by atoms with van der Waals surface area (Å²) in [5.74, 6) is 1.99. The molecule has 174 valence electrons. The monoisotopic (exact) mass is 455 g/mol. The van der Waals surface area contributed by atoms with Crippen LogP contribution >= 0.6 is 0 Å². The second-order valence-electron chi connectivity index (χ2n) is 9.87. The Hall–Kier alpha value is -3.74. The highest BCUT2D eigenvalue weighted by Gasteiger charge is 2.31. The standard InChI is InChI=1S/C27H29N5O2/c1-18-10-11-22-20(16-18)17-21(23-29-25(34-30-23)19-8-6-5-7-9-19)24(28-22)31-12-14-32(15-13-31)26(33)27(2,3)4/h5-11,16-17H,12-15H2,1-4H3. The van der Waals surface area contributed by atoms with E-state index in [4.69, 9.17) is 14.5 Å². The number of anilines is 1. The minimum absolute atomic E-state index is 0.181. The first-order valence-corrected chi connectivity index (χ1v) is 11.6. The van der Waals surface area contributed by atoms with Crippen LogP contribution in [0.15, 0.2) is 59.1 Å². The Morgan fingerprint density at radius 3 is 2.38 bits per heavy atom. The van der Waals surface area contributed by atoms with Gasteiger partial charge in [-0.25, -0.2) is 4.98 Å². The molecular weight excluding hydrogens is 426 g/mol. The van der Waals surface area contributed by atoms with Crippen molar-refractivity contribution < 1.29 is 9.32 Å². The largest absolute Gasteiger partial charge is 0.352 e. The van der Waals surface area contributed by atoms with Crippen LogP contribution in [0.5, 0.6) is 0 Å². The SMILES string of the molecule is Cc1ccc2nc(N3CCN(C(=O)C(C)(C)C)CC3)c(-c3noc(-c4ccccc4)n3)cc2c1. The summed E-state index contributed by atoms with van der Waals surface area (Å²) in [5.41, 5.74) is 3.41. The Morgan fingerprint density at radius 2 is 1.68 bits per heavy atom. The first-order valence-electron chi connectivity index (χ1n) is 11.6. The highest BCUT2D eigenvalue weighted by atomic mass is 16.5. The van der Waals surface area contributed by atoms with Crippen LogP contribution in [-0.2, 0) is 4.79 Å². The predicted molar refractivity (Wildman–Crippen MR) is 133 cm³/mol. The topological polar surface area (TPSA) is 75.4 Å². The maximum Gasteiger partial charge on any atom is 0.258 e. The zero-order valence-electron chi connectivity index (χ0n) is 20.1. The van der Waals surface area contributed by atoms with Gasteiger partial charge in [0.25, 0.3) is 5.89 Å². The van der Waals surface area contributed by atoms with E-state index in [2.05, 4.69) is 35.2 Å². The molecule has 4 aromatic rings. The van der Waals surface area contributed by atoms with Crippen LogP contribution in [0.3, 0.4) is 0 Å². The van der Waals surface area contributed by atoms with Gasteiger partial charge in [0.05, 0.1) is 11.1 Å². The van der Waals surface area contributed by atoms with E-state index in [9.17, 15) is 4.79 Å². The first kappa shape index (κ1) is 22.1. The van der Waals surface area contributed by atoms with Crippen molar-refractivity contribution in [3.63, 3.8) is 0 Å². The molecule has 2 aromatic carbocycles. The van der Waals surface area contributed by atoms with Gasteiger partial charge in [0.2, 0.25) is 11.7 Å². The van der Waals surface area contributed by atoms with Crippen LogP contribution in [0, 0.1) is 12.3 Å². The zero-order chi connectivity index (χ0) is 23.9. The minimum atomic E-state index is -0.384. The van der Waals surface area contributed by atoms with Crippen molar-refractivity contribution >= 4 is 22.6 Å². The van der Waals surface area contributed by atoms with Crippen LogP contribution in [0.25, 0.3) is 33.7 Å². The number of rotatable bonds is 3. The van der Waals surface area contributed by atoms with Gasteiger partial charge < -0.3 is 14.3 Å². The van der Waals surface area contributed by atoms with Crippen molar-refractivity contribution in [3.8, 4) is 22.8 Å². The first-order chi connectivity index (χ1) is 16.3. The van der Waals surface area contributed by atoms with Crippen molar-refractivity contribution in [2.75, 3.05) is 31.1 Å². The molecule has 0 bridgehead atoms. The fourth-order valence-corrected chi connectivity index (χ4v) is 4.32. The number of piperazine rings is 1. The number of aryl methyl sites for hydroxylation is 1. The van der Waals surface area contributed by atoms with Gasteiger partial charge in [0.1, 0.15) is 5.82 Å². The van der Waals surface area contributed by atoms with Crippen molar-refractivity contribution in [1.29, 1.82) is 0 Å². The number of hydrogen-bond donors (Lipinski definition) is 0. The molecule has 0 radical (unpaired) electrons. The second kappa shape index (κ2) is 8.56. The number of benzene rings is 2. The number of carbonyl (C=O) groups is 1. The molecule has 0 saturated carbocycles. The van der Waals surface area contributed by atoms with Gasteiger partial charge in [-0.2, -0.15) is 4.98 Å². The van der Waals surface area contributed by atoms with Crippen molar-refractivity contribution in [2.24, 2.45) is 5.41 Å². The molecule has 2 aromatic heterocycles. The van der Waals surface area contributed by atoms with E-state index in [0.29, 0.717) is 37.9 Å². The van der Waals surface area contributed by atoms with E-state index in [1.54, 1.807) is 0 Å². The molecule has 0 aliphatic carbocycles. The quantitative estimate of drug-likeness (QED) is 0.435. The Balaban J connectivity index is 1.52. The summed E-state index contributed by atoms with van der Waals surface area (Å²) in [4.78, 5) is 26.6. The highest BCUT2D eigenvalue weighted by molar-refractivity contribution is 5.89. The summed E-state index contributed by atoms with van der Waals surface area (Å²) < 4.78 is 5.61. The molecule has 3 heterocycles. The summed E-state index contributed by atoms with van der Waals surface area (Å²) in [5, 5.41) is 5.34. The molecule has 34 heavy (non-hydrogen) atoms. The minimum Gasteiger partial charge on any atom is -0.352 e. The van der Waals surface area contributed by atoms with Gasteiger partial charge in [-0.15, -0.1) is 0 Å². The van der Waals surface area contributed by atoms with Crippen LogP contribution in [0.2, 0.25) is 0 Å². The Morgan fingerprint density at radius 1 is 0.941 bits per heavy atom. The van der Waals surface area contributed by atoms with Crippen LogP contribution in [0.4, 0.5) is 5.82 Å².